The monoisotopic (exact) mass is 909 g/mol. The molecule has 1 saturated heterocycles. The van der Waals surface area contributed by atoms with Crippen LogP contribution >= 0.6 is 0 Å². The van der Waals surface area contributed by atoms with E-state index in [1.54, 1.807) is 37.6 Å². The third-order valence-electron chi connectivity index (χ3n) is 13.5. The lowest BCUT2D eigenvalue weighted by Crippen LogP contribution is -2.62. The Morgan fingerprint density at radius 3 is 2.18 bits per heavy atom. The lowest BCUT2D eigenvalue weighted by atomic mass is 9.73. The van der Waals surface area contributed by atoms with Gasteiger partial charge in [-0.05, 0) is 68.9 Å². The van der Waals surface area contributed by atoms with Crippen LogP contribution < -0.4 is 16.0 Å². The van der Waals surface area contributed by atoms with Crippen molar-refractivity contribution in [2.45, 2.75) is 154 Å². The molecule has 7 amide bonds. The van der Waals surface area contributed by atoms with Crippen molar-refractivity contribution in [1.29, 1.82) is 0 Å². The largest absolute Gasteiger partial charge is 0.480 e. The normalized spacial score (nSPS) is 20.2. The van der Waals surface area contributed by atoms with Gasteiger partial charge in [0.2, 0.25) is 29.5 Å². The van der Waals surface area contributed by atoms with Crippen molar-refractivity contribution in [3.05, 3.63) is 47.5 Å². The number of amides is 7. The van der Waals surface area contributed by atoms with Crippen molar-refractivity contribution in [1.82, 2.24) is 30.7 Å². The third-order valence-corrected chi connectivity index (χ3v) is 13.5. The van der Waals surface area contributed by atoms with E-state index in [9.17, 15) is 43.5 Å². The number of ether oxygens (including phenoxy) is 2. The first kappa shape index (κ1) is 52.5. The van der Waals surface area contributed by atoms with Crippen LogP contribution in [0.15, 0.2) is 36.4 Å². The Kier molecular flexibility index (Phi) is 18.8. The minimum atomic E-state index is -1.37. The SMILES string of the molecule is CC[C@H](C)[C@@H]([C@@H](CC(=O)N1CCC[C@H]1[C@H](OC)[C@@H](C)C(=O)N[C@H](C(=O)O)[C@H]1Cc2ccccc21)OC)N(C)C(=O)[C@@H](NC(=O)C(C)(C)NC(=O)CCCCCN1C(=O)C=CC1=O)C(C)C. The van der Waals surface area contributed by atoms with Gasteiger partial charge in [-0.3, -0.25) is 38.5 Å². The van der Waals surface area contributed by atoms with Crippen LogP contribution in [-0.4, -0.2) is 143 Å². The second-order valence-corrected chi connectivity index (χ2v) is 18.8. The molecule has 1 aromatic rings. The fourth-order valence-electron chi connectivity index (χ4n) is 9.43. The lowest BCUT2D eigenvalue weighted by Gasteiger charge is -2.41. The Bertz CT molecular complexity index is 1920. The standard InChI is InChI=1S/C48H72N6O11/c1-11-29(4)42(52(8)45(60)40(28(2)3)50-47(63)48(6,7)51-36(55)21-13-12-16-24-54-37(56)22-23-38(54)57)35(64-9)27-39(58)53-25-17-20-34(53)43(65-10)30(5)44(59)49-41(46(61)62)33-26-31-18-14-15-19-32(31)33/h14-15,18-19,22-23,28-30,33-35,40-43H,11-13,16-17,20-21,24-27H2,1-10H3,(H,49,59)(H,50,63)(H,51,55)(H,61,62)/t29-,30+,33-,34-,35+,40-,41-,42-,43+/m0/s1. The van der Waals surface area contributed by atoms with Crippen molar-refractivity contribution >= 4 is 47.3 Å². The Hall–Kier alpha value is -5.16. The number of methoxy groups -OCH3 is 2. The Balaban J connectivity index is 1.38. The molecule has 0 spiro atoms. The molecule has 2 heterocycles. The quantitative estimate of drug-likeness (QED) is 0.0824. The molecular weight excluding hydrogens is 837 g/mol. The average Bonchev–Trinajstić information content (AvgIpc) is 3.87. The summed E-state index contributed by atoms with van der Waals surface area (Å²) in [6.07, 6.45) is 5.09. The number of hydrogen-bond donors (Lipinski definition) is 4. The number of nitrogens with one attached hydrogen (secondary N) is 3. The number of fused-ring (bicyclic) bond motifs is 1. The van der Waals surface area contributed by atoms with E-state index in [4.69, 9.17) is 9.47 Å². The Morgan fingerprint density at radius 2 is 1.60 bits per heavy atom. The van der Waals surface area contributed by atoms with Gasteiger partial charge in [0.05, 0.1) is 36.6 Å². The van der Waals surface area contributed by atoms with Gasteiger partial charge < -0.3 is 40.3 Å². The van der Waals surface area contributed by atoms with E-state index in [0.29, 0.717) is 51.5 Å². The molecular formula is C48H72N6O11. The molecule has 2 aliphatic heterocycles. The summed E-state index contributed by atoms with van der Waals surface area (Å²) in [7, 11) is 4.62. The van der Waals surface area contributed by atoms with E-state index in [1.165, 1.54) is 26.4 Å². The van der Waals surface area contributed by atoms with Crippen LogP contribution in [0.3, 0.4) is 0 Å². The number of carboxylic acids is 1. The van der Waals surface area contributed by atoms with Gasteiger partial charge in [-0.25, -0.2) is 4.79 Å². The Morgan fingerprint density at radius 1 is 0.938 bits per heavy atom. The summed E-state index contributed by atoms with van der Waals surface area (Å²) in [5, 5.41) is 18.5. The molecule has 1 aromatic carbocycles. The average molecular weight is 909 g/mol. The number of aliphatic carboxylic acids is 1. The topological polar surface area (TPSA) is 221 Å². The van der Waals surface area contributed by atoms with Crippen LogP contribution in [0.25, 0.3) is 0 Å². The van der Waals surface area contributed by atoms with Crippen molar-refractivity contribution in [3.63, 3.8) is 0 Å². The van der Waals surface area contributed by atoms with Crippen LogP contribution in [0.1, 0.15) is 117 Å². The molecule has 4 N–H and O–H groups in total. The van der Waals surface area contributed by atoms with Crippen molar-refractivity contribution in [2.24, 2.45) is 17.8 Å². The molecule has 65 heavy (non-hydrogen) atoms. The van der Waals surface area contributed by atoms with E-state index in [2.05, 4.69) is 16.0 Å². The number of nitrogens with zero attached hydrogens (tertiary/aromatic N) is 3. The van der Waals surface area contributed by atoms with Crippen LogP contribution in [0.4, 0.5) is 0 Å². The number of unbranched alkanes of at least 4 members (excludes halogenated alkanes) is 2. The number of likely N-dealkylation sites (tertiary alicyclic amines) is 1. The summed E-state index contributed by atoms with van der Waals surface area (Å²) in [4.78, 5) is 109. The van der Waals surface area contributed by atoms with Crippen molar-refractivity contribution < 1.29 is 52.9 Å². The van der Waals surface area contributed by atoms with Gasteiger partial charge in [0.1, 0.15) is 17.6 Å². The molecule has 17 heteroatoms. The zero-order chi connectivity index (χ0) is 48.3. The number of benzene rings is 1. The fourth-order valence-corrected chi connectivity index (χ4v) is 9.43. The highest BCUT2D eigenvalue weighted by Gasteiger charge is 2.45. The highest BCUT2D eigenvalue weighted by Crippen LogP contribution is 2.38. The number of imide groups is 1. The minimum absolute atomic E-state index is 0.0811. The van der Waals surface area contributed by atoms with Gasteiger partial charge in [0.15, 0.2) is 0 Å². The number of carbonyl (C=O) groups excluding carboxylic acids is 7. The number of rotatable bonds is 25. The fraction of sp³-hybridized carbons (Fsp3) is 0.667. The third kappa shape index (κ3) is 12.8. The number of likely N-dealkylation sites (N-methyl/N-ethyl adjacent to an activating group) is 1. The van der Waals surface area contributed by atoms with Crippen LogP contribution in [0.5, 0.6) is 0 Å². The Labute approximate surface area is 383 Å². The molecule has 0 aromatic heterocycles. The van der Waals surface area contributed by atoms with Gasteiger partial charge in [-0.15, -0.1) is 0 Å². The molecule has 4 rings (SSSR count). The second-order valence-electron chi connectivity index (χ2n) is 18.8. The summed E-state index contributed by atoms with van der Waals surface area (Å²) in [5.74, 6) is -5.45. The molecule has 360 valence electrons. The van der Waals surface area contributed by atoms with Crippen LogP contribution in [0, 0.1) is 17.8 Å². The maximum atomic E-state index is 14.4. The summed E-state index contributed by atoms with van der Waals surface area (Å²) in [6.45, 7) is 13.1. The molecule has 0 bridgehead atoms. The van der Waals surface area contributed by atoms with Gasteiger partial charge in [-0.2, -0.15) is 0 Å². The number of carboxylic acid groups (broad SMARTS) is 1. The summed E-state index contributed by atoms with van der Waals surface area (Å²) >= 11 is 0. The second kappa shape index (κ2) is 23.3. The molecule has 1 aliphatic carbocycles. The molecule has 0 saturated carbocycles. The molecule has 1 fully saturated rings. The highest BCUT2D eigenvalue weighted by molar-refractivity contribution is 6.12. The summed E-state index contributed by atoms with van der Waals surface area (Å²) < 4.78 is 11.9. The van der Waals surface area contributed by atoms with Gasteiger partial charge in [0, 0.05) is 58.8 Å². The minimum Gasteiger partial charge on any atom is -0.480 e. The molecule has 9 atom stereocenters. The summed E-state index contributed by atoms with van der Waals surface area (Å²) in [5.41, 5.74) is 0.595. The van der Waals surface area contributed by atoms with E-state index in [1.807, 2.05) is 52.0 Å². The first-order valence-electron chi connectivity index (χ1n) is 23.1. The maximum Gasteiger partial charge on any atom is 0.326 e. The number of carbonyl (C=O) groups is 8. The predicted octanol–water partition coefficient (Wildman–Crippen LogP) is 3.34. The van der Waals surface area contributed by atoms with E-state index < -0.39 is 65.6 Å². The van der Waals surface area contributed by atoms with E-state index in [0.717, 1.165) is 16.0 Å². The van der Waals surface area contributed by atoms with Crippen molar-refractivity contribution in [3.8, 4) is 0 Å². The first-order valence-corrected chi connectivity index (χ1v) is 23.1. The molecule has 17 nitrogen and oxygen atoms in total. The molecule has 0 radical (unpaired) electrons. The smallest absolute Gasteiger partial charge is 0.326 e. The zero-order valence-electron chi connectivity index (χ0n) is 39.9. The van der Waals surface area contributed by atoms with Crippen molar-refractivity contribution in [2.75, 3.05) is 34.4 Å². The van der Waals surface area contributed by atoms with Gasteiger partial charge >= 0.3 is 5.97 Å². The van der Waals surface area contributed by atoms with Gasteiger partial charge in [0.25, 0.3) is 11.8 Å². The highest BCUT2D eigenvalue weighted by atomic mass is 16.5. The zero-order valence-corrected chi connectivity index (χ0v) is 39.9. The number of hydrogen-bond acceptors (Lipinski definition) is 10. The van der Waals surface area contributed by atoms with E-state index in [-0.39, 0.29) is 66.7 Å². The summed E-state index contributed by atoms with van der Waals surface area (Å²) in [6, 6.07) is 4.43. The van der Waals surface area contributed by atoms with Gasteiger partial charge in [-0.1, -0.05) is 71.7 Å². The molecule has 3 aliphatic rings. The first-order chi connectivity index (χ1) is 30.7. The van der Waals surface area contributed by atoms with Crippen LogP contribution in [-0.2, 0) is 54.3 Å². The predicted molar refractivity (Wildman–Crippen MR) is 242 cm³/mol. The lowest BCUT2D eigenvalue weighted by molar-refractivity contribution is -0.148. The molecule has 0 unspecified atom stereocenters. The van der Waals surface area contributed by atoms with Crippen LogP contribution in [0.2, 0.25) is 0 Å². The van der Waals surface area contributed by atoms with E-state index >= 15 is 0 Å². The maximum absolute atomic E-state index is 14.4.